The molecule has 1 aliphatic rings. The van der Waals surface area contributed by atoms with Crippen LogP contribution in [-0.2, 0) is 11.3 Å². The summed E-state index contributed by atoms with van der Waals surface area (Å²) in [5.41, 5.74) is 4.88. The molecule has 0 saturated carbocycles. The zero-order chi connectivity index (χ0) is 31.5. The van der Waals surface area contributed by atoms with E-state index in [-0.39, 0.29) is 11.8 Å². The fourth-order valence-electron chi connectivity index (χ4n) is 5.60. The lowest BCUT2D eigenvalue weighted by atomic mass is 9.95. The topological polar surface area (TPSA) is 141 Å². The number of carbonyl (C=O) groups is 1. The molecule has 1 aliphatic heterocycles. The van der Waals surface area contributed by atoms with Gasteiger partial charge in [-0.25, -0.2) is 4.39 Å². The zero-order valence-corrected chi connectivity index (χ0v) is 25.2. The summed E-state index contributed by atoms with van der Waals surface area (Å²) in [6.45, 7) is 9.70. The first-order valence-electron chi connectivity index (χ1n) is 15.0. The van der Waals surface area contributed by atoms with Crippen LogP contribution < -0.4 is 21.3 Å². The summed E-state index contributed by atoms with van der Waals surface area (Å²) in [7, 11) is 0. The van der Waals surface area contributed by atoms with Crippen LogP contribution in [0.3, 0.4) is 0 Å². The number of carbonyl (C=O) groups excluding carboxylic acids is 1. The number of pyridine rings is 1. The molecule has 5 N–H and O–H groups in total. The van der Waals surface area contributed by atoms with Gasteiger partial charge in [0, 0.05) is 53.9 Å². The van der Waals surface area contributed by atoms with Crippen LogP contribution in [0.4, 0.5) is 22.0 Å². The van der Waals surface area contributed by atoms with Crippen molar-refractivity contribution in [2.45, 2.75) is 38.8 Å². The van der Waals surface area contributed by atoms with Crippen molar-refractivity contribution in [2.75, 3.05) is 35.6 Å². The normalized spacial score (nSPS) is 16.6. The zero-order valence-electron chi connectivity index (χ0n) is 25.2. The fourth-order valence-corrected chi connectivity index (χ4v) is 5.60. The van der Waals surface area contributed by atoms with Gasteiger partial charge in [-0.15, -0.1) is 0 Å². The van der Waals surface area contributed by atoms with Crippen LogP contribution in [0.2, 0.25) is 0 Å². The third-order valence-electron chi connectivity index (χ3n) is 8.11. The smallest absolute Gasteiger partial charge is 0.283 e. The number of aromatic nitrogens is 5. The second-order valence-electron chi connectivity index (χ2n) is 11.5. The molecule has 0 aliphatic carbocycles. The number of aliphatic hydroxyl groups excluding tert-OH is 1. The Bertz CT molecular complexity index is 1870. The molecule has 2 aromatic carbocycles. The van der Waals surface area contributed by atoms with E-state index in [0.29, 0.717) is 37.2 Å². The minimum Gasteiger partial charge on any atom is -0.391 e. The highest BCUT2D eigenvalue weighted by Gasteiger charge is 2.23. The van der Waals surface area contributed by atoms with Gasteiger partial charge in [-0.1, -0.05) is 50.8 Å². The van der Waals surface area contributed by atoms with Crippen LogP contribution in [0.5, 0.6) is 0 Å². The lowest BCUT2D eigenvalue weighted by molar-refractivity contribution is -0.114. The highest BCUT2D eigenvalue weighted by Crippen LogP contribution is 2.31. The Morgan fingerprint density at radius 1 is 1.18 bits per heavy atom. The SMILES string of the molecule is C=C(F)C(=O)Nc1ccc2c(-c3ccccc3CNc3nc(NC[C@H]4CCNC[C@H]4O)nc4c(C(C)C)cnn34)nccc2c1. The quantitative estimate of drug-likeness (QED) is 0.140. The van der Waals surface area contributed by atoms with Gasteiger partial charge in [-0.3, -0.25) is 9.78 Å². The number of nitrogens with zero attached hydrogens (tertiary/aromatic N) is 5. The number of rotatable bonds is 10. The molecule has 45 heavy (non-hydrogen) atoms. The number of piperidine rings is 1. The van der Waals surface area contributed by atoms with Crippen LogP contribution in [0.25, 0.3) is 27.7 Å². The molecule has 11 nitrogen and oxygen atoms in total. The molecule has 0 spiro atoms. The van der Waals surface area contributed by atoms with Gasteiger partial charge >= 0.3 is 0 Å². The second-order valence-corrected chi connectivity index (χ2v) is 11.5. The molecular formula is C33H36FN9O2. The Morgan fingerprint density at radius 3 is 2.82 bits per heavy atom. The number of hydrogen-bond donors (Lipinski definition) is 5. The number of benzene rings is 2. The van der Waals surface area contributed by atoms with Crippen molar-refractivity contribution in [1.82, 2.24) is 29.9 Å². The largest absolute Gasteiger partial charge is 0.391 e. The van der Waals surface area contributed by atoms with Crippen LogP contribution in [0, 0.1) is 5.92 Å². The predicted molar refractivity (Wildman–Crippen MR) is 174 cm³/mol. The van der Waals surface area contributed by atoms with Crippen molar-refractivity contribution in [3.8, 4) is 11.3 Å². The Kier molecular flexibility index (Phi) is 8.67. The number of aliphatic hydroxyl groups is 1. The first-order valence-corrected chi connectivity index (χ1v) is 15.0. The van der Waals surface area contributed by atoms with E-state index in [1.54, 1.807) is 22.8 Å². The Hall–Kier alpha value is -4.94. The van der Waals surface area contributed by atoms with Gasteiger partial charge in [-0.2, -0.15) is 19.6 Å². The number of anilines is 3. The molecule has 6 rings (SSSR count). The average molecular weight is 610 g/mol. The maximum atomic E-state index is 13.2. The van der Waals surface area contributed by atoms with E-state index in [0.717, 1.165) is 51.8 Å². The monoisotopic (exact) mass is 609 g/mol. The predicted octanol–water partition coefficient (Wildman–Crippen LogP) is 4.88. The molecule has 4 heterocycles. The Labute approximate surface area is 260 Å². The minimum atomic E-state index is -1.05. The lowest BCUT2D eigenvalue weighted by Gasteiger charge is -2.28. The number of fused-ring (bicyclic) bond motifs is 2. The van der Waals surface area contributed by atoms with E-state index in [1.807, 2.05) is 42.6 Å². The number of β-amino-alcohol motifs (C(OH)–C–C–N with tert-alkyl or cyclic N) is 1. The summed E-state index contributed by atoms with van der Waals surface area (Å²) in [5.74, 6) is -0.595. The first-order chi connectivity index (χ1) is 21.8. The molecule has 2 atom stereocenters. The number of nitrogens with one attached hydrogen (secondary N) is 4. The minimum absolute atomic E-state index is 0.104. The van der Waals surface area contributed by atoms with E-state index in [4.69, 9.17) is 15.0 Å². The van der Waals surface area contributed by atoms with Crippen molar-refractivity contribution < 1.29 is 14.3 Å². The van der Waals surface area contributed by atoms with Crippen LogP contribution in [0.15, 0.2) is 73.3 Å². The Balaban J connectivity index is 1.29. The second kappa shape index (κ2) is 13.0. The highest BCUT2D eigenvalue weighted by atomic mass is 19.1. The first kappa shape index (κ1) is 30.1. The number of amides is 1. The van der Waals surface area contributed by atoms with Gasteiger partial charge in [0.25, 0.3) is 5.91 Å². The average Bonchev–Trinajstić information content (AvgIpc) is 3.48. The van der Waals surface area contributed by atoms with Gasteiger partial charge in [-0.05, 0) is 48.0 Å². The fraction of sp³-hybridized carbons (Fsp3) is 0.303. The van der Waals surface area contributed by atoms with Crippen LogP contribution >= 0.6 is 0 Å². The number of hydrogen-bond acceptors (Lipinski definition) is 9. The summed E-state index contributed by atoms with van der Waals surface area (Å²) in [6, 6.07) is 15.2. The van der Waals surface area contributed by atoms with E-state index in [2.05, 4.69) is 46.8 Å². The van der Waals surface area contributed by atoms with E-state index >= 15 is 0 Å². The number of halogens is 1. The van der Waals surface area contributed by atoms with Gasteiger partial charge in [0.1, 0.15) is 0 Å². The molecule has 12 heteroatoms. The maximum absolute atomic E-state index is 13.2. The molecule has 232 valence electrons. The van der Waals surface area contributed by atoms with E-state index < -0.39 is 17.8 Å². The van der Waals surface area contributed by atoms with Crippen molar-refractivity contribution in [2.24, 2.45) is 5.92 Å². The third kappa shape index (κ3) is 6.47. The van der Waals surface area contributed by atoms with Gasteiger partial charge < -0.3 is 26.4 Å². The maximum Gasteiger partial charge on any atom is 0.283 e. The Morgan fingerprint density at radius 2 is 2.02 bits per heavy atom. The highest BCUT2D eigenvalue weighted by molar-refractivity contribution is 6.04. The summed E-state index contributed by atoms with van der Waals surface area (Å²) >= 11 is 0. The van der Waals surface area contributed by atoms with Crippen LogP contribution in [0.1, 0.15) is 37.3 Å². The summed E-state index contributed by atoms with van der Waals surface area (Å²) in [5, 5.41) is 29.3. The van der Waals surface area contributed by atoms with Gasteiger partial charge in [0.2, 0.25) is 11.9 Å². The van der Waals surface area contributed by atoms with Crippen molar-refractivity contribution in [3.05, 3.63) is 84.5 Å². The molecule has 1 fully saturated rings. The molecule has 5 aromatic rings. The molecule has 1 amide bonds. The third-order valence-corrected chi connectivity index (χ3v) is 8.11. The molecule has 0 radical (unpaired) electrons. The molecule has 3 aromatic heterocycles. The molecule has 1 saturated heterocycles. The molecule has 0 unspecified atom stereocenters. The lowest BCUT2D eigenvalue weighted by Crippen LogP contribution is -2.43. The summed E-state index contributed by atoms with van der Waals surface area (Å²) in [6.07, 6.45) is 3.99. The molecular weight excluding hydrogens is 573 g/mol. The van der Waals surface area contributed by atoms with Crippen molar-refractivity contribution in [1.29, 1.82) is 0 Å². The summed E-state index contributed by atoms with van der Waals surface area (Å²) in [4.78, 5) is 26.1. The molecule has 0 bridgehead atoms. The van der Waals surface area contributed by atoms with Crippen molar-refractivity contribution in [3.63, 3.8) is 0 Å². The standard InChI is InChI=1S/C33H36FN9O2/c1-19(2)27-17-39-43-30(27)41-32(37-16-23-10-12-35-18-28(23)44)42-33(43)38-15-22-6-4-5-7-25(22)29-26-9-8-24(40-31(45)20(3)34)14-21(26)11-13-36-29/h4-9,11,13-14,17,19,23,28,35,44H,3,10,12,15-16,18H2,1-2H3,(H,40,45)(H2,37,38,41,42)/t23-,28-/m1/s1. The van der Waals surface area contributed by atoms with Crippen molar-refractivity contribution >= 4 is 39.9 Å². The van der Waals surface area contributed by atoms with Crippen LogP contribution in [-0.4, -0.2) is 61.3 Å². The van der Waals surface area contributed by atoms with E-state index in [9.17, 15) is 14.3 Å². The summed E-state index contributed by atoms with van der Waals surface area (Å²) < 4.78 is 15.0. The van der Waals surface area contributed by atoms with Gasteiger partial charge in [0.15, 0.2) is 11.5 Å². The van der Waals surface area contributed by atoms with Gasteiger partial charge in [0.05, 0.1) is 18.0 Å². The van der Waals surface area contributed by atoms with E-state index in [1.165, 1.54) is 0 Å².